The molecule has 0 aliphatic rings. The number of anilines is 1. The Bertz CT molecular complexity index is 297. The van der Waals surface area contributed by atoms with E-state index in [1.54, 1.807) is 0 Å². The van der Waals surface area contributed by atoms with E-state index in [1.165, 1.54) is 4.90 Å². The minimum Gasteiger partial charge on any atom is -0.355 e. The maximum absolute atomic E-state index is 4.32. The number of rotatable bonds is 4. The Hall–Kier alpha value is -0.640. The summed E-state index contributed by atoms with van der Waals surface area (Å²) in [7, 11) is 0. The van der Waals surface area contributed by atoms with E-state index in [-0.39, 0.29) is 4.75 Å². The van der Waals surface area contributed by atoms with Gasteiger partial charge < -0.3 is 4.90 Å². The summed E-state index contributed by atoms with van der Waals surface area (Å²) in [5, 5.41) is 7.28. The molecule has 0 unspecified atom stereocenters. The fourth-order valence-corrected chi connectivity index (χ4v) is 2.46. The number of thioether (sulfide) groups is 1. The molecule has 1 aromatic rings. The quantitative estimate of drug-likeness (QED) is 0.802. The lowest BCUT2D eigenvalue weighted by molar-refractivity contribution is 0.798. The van der Waals surface area contributed by atoms with Gasteiger partial charge in [-0.05, 0) is 13.8 Å². The van der Waals surface area contributed by atoms with Crippen molar-refractivity contribution >= 4 is 17.6 Å². The van der Waals surface area contributed by atoms with Crippen LogP contribution in [-0.2, 0) is 0 Å². The van der Waals surface area contributed by atoms with Crippen LogP contribution in [0.15, 0.2) is 11.1 Å². The van der Waals surface area contributed by atoms with Crippen molar-refractivity contribution in [2.24, 2.45) is 0 Å². The van der Waals surface area contributed by atoms with Crippen LogP contribution in [0.5, 0.6) is 0 Å². The predicted molar refractivity (Wildman–Crippen MR) is 67.8 cm³/mol. The highest BCUT2D eigenvalue weighted by atomic mass is 32.2. The number of H-pyrrole nitrogens is 1. The molecular weight excluding hydrogens is 206 g/mol. The Kier molecular flexibility index (Phi) is 4.08. The van der Waals surface area contributed by atoms with Crippen LogP contribution in [0.25, 0.3) is 0 Å². The van der Waals surface area contributed by atoms with E-state index in [0.717, 1.165) is 18.9 Å². The molecule has 1 aromatic heterocycles. The molecule has 1 rings (SSSR count). The van der Waals surface area contributed by atoms with E-state index in [9.17, 15) is 0 Å². The maximum Gasteiger partial charge on any atom is 0.164 e. The van der Waals surface area contributed by atoms with Crippen LogP contribution in [0.4, 0.5) is 5.82 Å². The zero-order valence-corrected chi connectivity index (χ0v) is 11.1. The van der Waals surface area contributed by atoms with Gasteiger partial charge in [-0.25, -0.2) is 0 Å². The van der Waals surface area contributed by atoms with Crippen LogP contribution in [0.1, 0.15) is 34.6 Å². The predicted octanol–water partition coefficient (Wildman–Crippen LogP) is 3.15. The molecule has 0 radical (unpaired) electrons. The standard InChI is InChI=1S/C11H21N3S/c1-6-14(7-2)10-9(8-12-13-10)15-11(3,4)5/h8H,6-7H2,1-5H3,(H,12,13). The average Bonchev–Trinajstić information content (AvgIpc) is 2.53. The van der Waals surface area contributed by atoms with Gasteiger partial charge in [0.25, 0.3) is 0 Å². The first-order chi connectivity index (χ1) is 6.98. The molecule has 15 heavy (non-hydrogen) atoms. The fraction of sp³-hybridized carbons (Fsp3) is 0.727. The van der Waals surface area contributed by atoms with Gasteiger partial charge in [-0.15, -0.1) is 11.8 Å². The van der Waals surface area contributed by atoms with Gasteiger partial charge in [0.15, 0.2) is 5.82 Å². The lowest BCUT2D eigenvalue weighted by Gasteiger charge is -2.22. The van der Waals surface area contributed by atoms with Gasteiger partial charge in [-0.2, -0.15) is 5.10 Å². The third-order valence-corrected chi connectivity index (χ3v) is 3.20. The zero-order valence-electron chi connectivity index (χ0n) is 10.3. The first kappa shape index (κ1) is 12.4. The number of aromatic amines is 1. The third-order valence-electron chi connectivity index (χ3n) is 2.07. The molecule has 0 saturated heterocycles. The van der Waals surface area contributed by atoms with Crippen molar-refractivity contribution in [3.63, 3.8) is 0 Å². The summed E-state index contributed by atoms with van der Waals surface area (Å²) in [6.45, 7) is 13.0. The monoisotopic (exact) mass is 227 g/mol. The molecule has 0 amide bonds. The van der Waals surface area contributed by atoms with E-state index < -0.39 is 0 Å². The second kappa shape index (κ2) is 4.92. The average molecular weight is 227 g/mol. The van der Waals surface area contributed by atoms with Crippen molar-refractivity contribution in [2.45, 2.75) is 44.3 Å². The van der Waals surface area contributed by atoms with E-state index in [4.69, 9.17) is 0 Å². The zero-order chi connectivity index (χ0) is 11.5. The number of nitrogens with zero attached hydrogens (tertiary/aromatic N) is 2. The number of hydrogen-bond donors (Lipinski definition) is 1. The third kappa shape index (κ3) is 3.45. The molecule has 4 heteroatoms. The minimum atomic E-state index is 0.228. The second-order valence-corrected chi connectivity index (χ2v) is 6.33. The van der Waals surface area contributed by atoms with Crippen molar-refractivity contribution < 1.29 is 0 Å². The second-order valence-electron chi connectivity index (χ2n) is 4.46. The van der Waals surface area contributed by atoms with Crippen LogP contribution < -0.4 is 4.90 Å². The number of hydrogen-bond acceptors (Lipinski definition) is 3. The summed E-state index contributed by atoms with van der Waals surface area (Å²) in [5.74, 6) is 1.08. The Morgan fingerprint density at radius 2 is 1.93 bits per heavy atom. The number of aromatic nitrogens is 2. The van der Waals surface area contributed by atoms with Gasteiger partial charge in [-0.3, -0.25) is 5.10 Å². The first-order valence-corrected chi connectivity index (χ1v) is 6.27. The van der Waals surface area contributed by atoms with E-state index in [0.29, 0.717) is 0 Å². The van der Waals surface area contributed by atoms with Gasteiger partial charge in [0.05, 0.1) is 4.90 Å². The van der Waals surface area contributed by atoms with E-state index in [1.807, 2.05) is 18.0 Å². The molecule has 0 aromatic carbocycles. The van der Waals surface area contributed by atoms with Gasteiger partial charge in [-0.1, -0.05) is 20.8 Å². The Labute approximate surface area is 96.6 Å². The summed E-state index contributed by atoms with van der Waals surface area (Å²) < 4.78 is 0.228. The Balaban J connectivity index is 2.86. The minimum absolute atomic E-state index is 0.228. The summed E-state index contributed by atoms with van der Waals surface area (Å²) in [5.41, 5.74) is 0. The van der Waals surface area contributed by atoms with Gasteiger partial charge in [0.1, 0.15) is 0 Å². The summed E-state index contributed by atoms with van der Waals surface area (Å²) >= 11 is 1.86. The highest BCUT2D eigenvalue weighted by Crippen LogP contribution is 2.36. The largest absolute Gasteiger partial charge is 0.355 e. The van der Waals surface area contributed by atoms with Crippen molar-refractivity contribution in [3.05, 3.63) is 6.20 Å². The first-order valence-electron chi connectivity index (χ1n) is 5.45. The lowest BCUT2D eigenvalue weighted by Crippen LogP contribution is -2.23. The molecular formula is C11H21N3S. The van der Waals surface area contributed by atoms with Gasteiger partial charge >= 0.3 is 0 Å². The fourth-order valence-electron chi connectivity index (χ4n) is 1.43. The maximum atomic E-state index is 4.32. The Morgan fingerprint density at radius 1 is 1.33 bits per heavy atom. The molecule has 0 fully saturated rings. The molecule has 0 bridgehead atoms. The van der Waals surface area contributed by atoms with Crippen LogP contribution in [0.2, 0.25) is 0 Å². The van der Waals surface area contributed by atoms with Crippen LogP contribution in [0, 0.1) is 0 Å². The van der Waals surface area contributed by atoms with E-state index in [2.05, 4.69) is 49.7 Å². The van der Waals surface area contributed by atoms with Crippen molar-refractivity contribution in [1.29, 1.82) is 0 Å². The Morgan fingerprint density at radius 3 is 2.40 bits per heavy atom. The lowest BCUT2D eigenvalue weighted by atomic mass is 10.3. The van der Waals surface area contributed by atoms with Gasteiger partial charge in [0.2, 0.25) is 0 Å². The smallest absolute Gasteiger partial charge is 0.164 e. The molecule has 1 heterocycles. The molecule has 0 spiro atoms. The molecule has 0 aliphatic heterocycles. The number of nitrogens with one attached hydrogen (secondary N) is 1. The van der Waals surface area contributed by atoms with Crippen LogP contribution in [0.3, 0.4) is 0 Å². The van der Waals surface area contributed by atoms with Gasteiger partial charge in [0, 0.05) is 24.0 Å². The molecule has 1 N–H and O–H groups in total. The normalized spacial score (nSPS) is 11.8. The molecule has 0 aliphatic carbocycles. The highest BCUT2D eigenvalue weighted by Gasteiger charge is 2.18. The molecule has 3 nitrogen and oxygen atoms in total. The van der Waals surface area contributed by atoms with Crippen molar-refractivity contribution in [2.75, 3.05) is 18.0 Å². The highest BCUT2D eigenvalue weighted by molar-refractivity contribution is 8.00. The molecule has 0 saturated carbocycles. The molecule has 86 valence electrons. The summed E-state index contributed by atoms with van der Waals surface area (Å²) in [6, 6.07) is 0. The summed E-state index contributed by atoms with van der Waals surface area (Å²) in [6.07, 6.45) is 1.99. The summed E-state index contributed by atoms with van der Waals surface area (Å²) in [4.78, 5) is 3.51. The SMILES string of the molecule is CCN(CC)c1n[nH]cc1SC(C)(C)C. The van der Waals surface area contributed by atoms with Crippen molar-refractivity contribution in [1.82, 2.24) is 10.2 Å². The van der Waals surface area contributed by atoms with Crippen molar-refractivity contribution in [3.8, 4) is 0 Å². The topological polar surface area (TPSA) is 31.9 Å². The van der Waals surface area contributed by atoms with Crippen LogP contribution >= 0.6 is 11.8 Å². The molecule has 0 atom stereocenters. The van der Waals surface area contributed by atoms with E-state index >= 15 is 0 Å². The van der Waals surface area contributed by atoms with Crippen LogP contribution in [-0.4, -0.2) is 28.0 Å².